The van der Waals surface area contributed by atoms with Gasteiger partial charge in [-0.05, 0) is 51.8 Å². The fourth-order valence-corrected chi connectivity index (χ4v) is 1.98. The molecule has 0 aliphatic rings. The predicted octanol–water partition coefficient (Wildman–Crippen LogP) is 2.18. The van der Waals surface area contributed by atoms with Crippen LogP contribution in [-0.2, 0) is 11.2 Å². The normalized spacial score (nSPS) is 10.8. The number of amides is 3. The van der Waals surface area contributed by atoms with Crippen LogP contribution >= 0.6 is 0 Å². The summed E-state index contributed by atoms with van der Waals surface area (Å²) in [6, 6.07) is 3.74. The second-order valence-corrected chi connectivity index (χ2v) is 6.35. The Bertz CT molecular complexity index is 514. The van der Waals surface area contributed by atoms with E-state index in [1.807, 2.05) is 19.1 Å². The van der Waals surface area contributed by atoms with Crippen LogP contribution in [0.5, 0.6) is 0 Å². The van der Waals surface area contributed by atoms with Gasteiger partial charge in [0.2, 0.25) is 0 Å². The van der Waals surface area contributed by atoms with Crippen LogP contribution in [0.2, 0.25) is 0 Å². The molecule has 7 heteroatoms. The van der Waals surface area contributed by atoms with Gasteiger partial charge in [0.1, 0.15) is 5.60 Å². The molecule has 7 nitrogen and oxygen atoms in total. The lowest BCUT2D eigenvalue weighted by atomic mass is 10.2. The minimum Gasteiger partial charge on any atom is -0.444 e. The predicted molar refractivity (Wildman–Crippen MR) is 92.8 cm³/mol. The van der Waals surface area contributed by atoms with Crippen molar-refractivity contribution in [2.45, 2.75) is 39.7 Å². The zero-order chi connectivity index (χ0) is 18.0. The highest BCUT2D eigenvalue weighted by atomic mass is 16.6. The summed E-state index contributed by atoms with van der Waals surface area (Å²) in [5.41, 5.74) is 0.613. The highest BCUT2D eigenvalue weighted by molar-refractivity contribution is 5.74. The zero-order valence-corrected chi connectivity index (χ0v) is 15.0. The van der Waals surface area contributed by atoms with Crippen molar-refractivity contribution in [1.82, 2.24) is 20.5 Å². The van der Waals surface area contributed by atoms with Crippen LogP contribution < -0.4 is 10.6 Å². The molecule has 0 radical (unpaired) electrons. The number of alkyl carbamates (subject to hydrolysis) is 1. The van der Waals surface area contributed by atoms with E-state index < -0.39 is 11.7 Å². The Morgan fingerprint density at radius 1 is 1.17 bits per heavy atom. The SMILES string of the molecule is CCN(CCc1ccncc1)C(=O)NCCNC(=O)OC(C)(C)C. The number of rotatable bonds is 7. The molecule has 134 valence electrons. The molecule has 1 rings (SSSR count). The van der Waals surface area contributed by atoms with E-state index in [1.165, 1.54) is 0 Å². The summed E-state index contributed by atoms with van der Waals surface area (Å²) in [5, 5.41) is 5.40. The van der Waals surface area contributed by atoms with Crippen molar-refractivity contribution in [3.05, 3.63) is 30.1 Å². The molecule has 0 fully saturated rings. The van der Waals surface area contributed by atoms with Crippen LogP contribution in [0.25, 0.3) is 0 Å². The van der Waals surface area contributed by atoms with Crippen LogP contribution in [0.3, 0.4) is 0 Å². The number of aromatic nitrogens is 1. The van der Waals surface area contributed by atoms with Gasteiger partial charge in [-0.3, -0.25) is 4.98 Å². The van der Waals surface area contributed by atoms with Crippen LogP contribution in [-0.4, -0.2) is 53.8 Å². The number of hydrogen-bond acceptors (Lipinski definition) is 4. The third-order valence-electron chi connectivity index (χ3n) is 3.16. The number of likely N-dealkylation sites (N-methyl/N-ethyl adjacent to an activating group) is 1. The maximum Gasteiger partial charge on any atom is 0.407 e. The van der Waals surface area contributed by atoms with Crippen LogP contribution in [0.4, 0.5) is 9.59 Å². The van der Waals surface area contributed by atoms with Gasteiger partial charge in [0.25, 0.3) is 0 Å². The van der Waals surface area contributed by atoms with Crippen LogP contribution in [0.15, 0.2) is 24.5 Å². The molecule has 3 amide bonds. The Hall–Kier alpha value is -2.31. The lowest BCUT2D eigenvalue weighted by Crippen LogP contribution is -2.44. The molecule has 0 aliphatic heterocycles. The van der Waals surface area contributed by atoms with Crippen molar-refractivity contribution in [3.8, 4) is 0 Å². The standard InChI is InChI=1S/C17H28N4O3/c1-5-21(13-8-14-6-9-18-10-7-14)15(22)19-11-12-20-16(23)24-17(2,3)4/h6-7,9-10H,5,8,11-13H2,1-4H3,(H,19,22)(H,20,23). The molecule has 0 unspecified atom stereocenters. The summed E-state index contributed by atoms with van der Waals surface area (Å²) >= 11 is 0. The van der Waals surface area contributed by atoms with Gasteiger partial charge >= 0.3 is 12.1 Å². The molecule has 0 bridgehead atoms. The van der Waals surface area contributed by atoms with Crippen molar-refractivity contribution < 1.29 is 14.3 Å². The number of carbonyl (C=O) groups excluding carboxylic acids is 2. The lowest BCUT2D eigenvalue weighted by Gasteiger charge is -2.22. The Morgan fingerprint density at radius 3 is 2.38 bits per heavy atom. The van der Waals surface area contributed by atoms with Crippen molar-refractivity contribution in [2.75, 3.05) is 26.2 Å². The minimum absolute atomic E-state index is 0.141. The number of nitrogens with zero attached hydrogens (tertiary/aromatic N) is 2. The Morgan fingerprint density at radius 2 is 1.79 bits per heavy atom. The van der Waals surface area contributed by atoms with Gasteiger partial charge in [-0.1, -0.05) is 0 Å². The van der Waals surface area contributed by atoms with Gasteiger partial charge in [0.05, 0.1) is 0 Å². The fourth-order valence-electron chi connectivity index (χ4n) is 1.98. The molecule has 0 saturated heterocycles. The lowest BCUT2D eigenvalue weighted by molar-refractivity contribution is 0.0528. The number of nitrogens with one attached hydrogen (secondary N) is 2. The molecule has 0 aromatic carbocycles. The highest BCUT2D eigenvalue weighted by Crippen LogP contribution is 2.06. The Labute approximate surface area is 143 Å². The van der Waals surface area contributed by atoms with E-state index in [2.05, 4.69) is 15.6 Å². The topological polar surface area (TPSA) is 83.6 Å². The quantitative estimate of drug-likeness (QED) is 0.748. The summed E-state index contributed by atoms with van der Waals surface area (Å²) in [6.07, 6.45) is 3.78. The first-order valence-electron chi connectivity index (χ1n) is 8.20. The van der Waals surface area contributed by atoms with Crippen molar-refractivity contribution >= 4 is 12.1 Å². The molecule has 1 aromatic rings. The Kier molecular flexibility index (Phi) is 8.01. The Balaban J connectivity index is 2.25. The molecule has 0 aliphatic carbocycles. The van der Waals surface area contributed by atoms with Crippen molar-refractivity contribution in [3.63, 3.8) is 0 Å². The van der Waals surface area contributed by atoms with Crippen LogP contribution in [0.1, 0.15) is 33.3 Å². The second-order valence-electron chi connectivity index (χ2n) is 6.35. The van der Waals surface area contributed by atoms with E-state index in [1.54, 1.807) is 38.1 Å². The summed E-state index contributed by atoms with van der Waals surface area (Å²) in [7, 11) is 0. The van der Waals surface area contributed by atoms with Gasteiger partial charge in [0, 0.05) is 38.6 Å². The summed E-state index contributed by atoms with van der Waals surface area (Å²) in [4.78, 5) is 29.3. The first-order valence-corrected chi connectivity index (χ1v) is 8.20. The average Bonchev–Trinajstić information content (AvgIpc) is 2.51. The number of pyridine rings is 1. The summed E-state index contributed by atoms with van der Waals surface area (Å²) in [5.74, 6) is 0. The number of carbonyl (C=O) groups is 2. The smallest absolute Gasteiger partial charge is 0.407 e. The van der Waals surface area contributed by atoms with Crippen molar-refractivity contribution in [2.24, 2.45) is 0 Å². The monoisotopic (exact) mass is 336 g/mol. The highest BCUT2D eigenvalue weighted by Gasteiger charge is 2.16. The van der Waals surface area contributed by atoms with E-state index in [4.69, 9.17) is 4.74 Å². The molecule has 1 aromatic heterocycles. The van der Waals surface area contributed by atoms with E-state index in [0.717, 1.165) is 12.0 Å². The summed E-state index contributed by atoms with van der Waals surface area (Å²) < 4.78 is 5.12. The first-order chi connectivity index (χ1) is 11.3. The van der Waals surface area contributed by atoms with E-state index in [0.29, 0.717) is 26.2 Å². The third-order valence-corrected chi connectivity index (χ3v) is 3.16. The second kappa shape index (κ2) is 9.75. The molecule has 0 atom stereocenters. The van der Waals surface area contributed by atoms with Gasteiger partial charge in [-0.25, -0.2) is 9.59 Å². The van der Waals surface area contributed by atoms with Crippen molar-refractivity contribution in [1.29, 1.82) is 0 Å². The van der Waals surface area contributed by atoms with E-state index in [-0.39, 0.29) is 6.03 Å². The van der Waals surface area contributed by atoms with Gasteiger partial charge in [-0.2, -0.15) is 0 Å². The van der Waals surface area contributed by atoms with E-state index in [9.17, 15) is 9.59 Å². The number of urea groups is 1. The minimum atomic E-state index is -0.528. The summed E-state index contributed by atoms with van der Waals surface area (Å²) in [6.45, 7) is 9.27. The van der Waals surface area contributed by atoms with Gasteiger partial charge < -0.3 is 20.3 Å². The zero-order valence-electron chi connectivity index (χ0n) is 15.0. The molecule has 0 spiro atoms. The van der Waals surface area contributed by atoms with Gasteiger partial charge in [0.15, 0.2) is 0 Å². The molecule has 1 heterocycles. The molecular weight excluding hydrogens is 308 g/mol. The number of ether oxygens (including phenoxy) is 1. The fraction of sp³-hybridized carbons (Fsp3) is 0.588. The van der Waals surface area contributed by atoms with Gasteiger partial charge in [-0.15, -0.1) is 0 Å². The third kappa shape index (κ3) is 8.36. The first kappa shape index (κ1) is 19.7. The molecular formula is C17H28N4O3. The number of hydrogen-bond donors (Lipinski definition) is 2. The average molecular weight is 336 g/mol. The maximum atomic E-state index is 12.1. The largest absolute Gasteiger partial charge is 0.444 e. The molecule has 24 heavy (non-hydrogen) atoms. The molecule has 0 saturated carbocycles. The molecule has 2 N–H and O–H groups in total. The van der Waals surface area contributed by atoms with Crippen LogP contribution in [0, 0.1) is 0 Å². The van der Waals surface area contributed by atoms with E-state index >= 15 is 0 Å². The maximum absolute atomic E-state index is 12.1.